The van der Waals surface area contributed by atoms with Crippen LogP contribution in [0.15, 0.2) is 48.2 Å². The number of carbonyl (C=O) groups excluding carboxylic acids is 2. The Labute approximate surface area is 242 Å². The highest BCUT2D eigenvalue weighted by atomic mass is 35.5. The van der Waals surface area contributed by atoms with Crippen molar-refractivity contribution in [2.45, 2.75) is 50.2 Å². The number of hydrogen-bond donors (Lipinski definition) is 3. The molecule has 2 aliphatic heterocycles. The van der Waals surface area contributed by atoms with Crippen LogP contribution in [0.5, 0.6) is 0 Å². The summed E-state index contributed by atoms with van der Waals surface area (Å²) in [6.07, 6.45) is 7.53. The lowest BCUT2D eigenvalue weighted by molar-refractivity contribution is -0.123. The smallest absolute Gasteiger partial charge is 0.255 e. The van der Waals surface area contributed by atoms with Crippen molar-refractivity contribution in [2.24, 2.45) is 0 Å². The lowest BCUT2D eigenvalue weighted by atomic mass is 9.94. The number of rotatable bonds is 9. The van der Waals surface area contributed by atoms with E-state index in [0.29, 0.717) is 46.6 Å². The molecule has 1 aromatic carbocycles. The number of aliphatic hydroxyl groups excluding tert-OH is 1. The van der Waals surface area contributed by atoms with E-state index in [1.807, 2.05) is 19.1 Å². The van der Waals surface area contributed by atoms with Gasteiger partial charge in [0.15, 0.2) is 0 Å². The van der Waals surface area contributed by atoms with Gasteiger partial charge in [0, 0.05) is 43.9 Å². The maximum Gasteiger partial charge on any atom is 0.255 e. The molecule has 0 spiro atoms. The molecule has 2 amide bonds. The number of allylic oxidation sites excluding steroid dienone is 2. The summed E-state index contributed by atoms with van der Waals surface area (Å²) in [7, 11) is 1.26. The number of aromatic nitrogens is 2. The van der Waals surface area contributed by atoms with Crippen molar-refractivity contribution in [1.29, 1.82) is 0 Å². The van der Waals surface area contributed by atoms with Gasteiger partial charge in [-0.25, -0.2) is 14.4 Å². The minimum Gasteiger partial charge on any atom is -0.394 e. The molecule has 0 bridgehead atoms. The predicted octanol–water partition coefficient (Wildman–Crippen LogP) is 3.58. The van der Waals surface area contributed by atoms with Crippen molar-refractivity contribution < 1.29 is 28.6 Å². The number of hydrogen-bond acceptors (Lipinski definition) is 8. The number of benzene rings is 1. The third-order valence-corrected chi connectivity index (χ3v) is 8.03. The molecule has 3 aliphatic rings. The summed E-state index contributed by atoms with van der Waals surface area (Å²) < 4.78 is 25.0. The van der Waals surface area contributed by atoms with E-state index in [-0.39, 0.29) is 31.0 Å². The van der Waals surface area contributed by atoms with Crippen LogP contribution in [0.2, 0.25) is 5.02 Å². The van der Waals surface area contributed by atoms with Crippen molar-refractivity contribution in [3.63, 3.8) is 0 Å². The zero-order valence-electron chi connectivity index (χ0n) is 22.9. The van der Waals surface area contributed by atoms with Crippen molar-refractivity contribution in [3.05, 3.63) is 64.3 Å². The number of amides is 2. The second-order valence-electron chi connectivity index (χ2n) is 10.4. The highest BCUT2D eigenvalue weighted by Gasteiger charge is 2.37. The number of alkyl halides is 1. The highest BCUT2D eigenvalue weighted by molar-refractivity contribution is 6.33. The van der Waals surface area contributed by atoms with Crippen LogP contribution >= 0.6 is 11.6 Å². The van der Waals surface area contributed by atoms with E-state index < -0.39 is 24.4 Å². The Morgan fingerprint density at radius 3 is 2.88 bits per heavy atom. The SMILES string of the molecule is COC1(F)C=CC=C(C(CO)NC(=O)CN2C(=O)c3cc(-c4nc(NC5CCOCC5)ncc4Cl)ccc3[C@H]2C)C1. The number of nitrogens with zero attached hydrogens (tertiary/aromatic N) is 3. The lowest BCUT2D eigenvalue weighted by Gasteiger charge is -2.29. The van der Waals surface area contributed by atoms with E-state index >= 15 is 0 Å². The van der Waals surface area contributed by atoms with E-state index in [1.54, 1.807) is 12.1 Å². The summed E-state index contributed by atoms with van der Waals surface area (Å²) in [5.74, 6) is -2.34. The van der Waals surface area contributed by atoms with Crippen molar-refractivity contribution >= 4 is 29.4 Å². The minimum atomic E-state index is -2.00. The molecule has 2 unspecified atom stereocenters. The Kier molecular flexibility index (Phi) is 8.69. The number of fused-ring (bicyclic) bond motifs is 1. The third kappa shape index (κ3) is 6.28. The molecular formula is C29H33ClFN5O5. The first kappa shape index (κ1) is 29.1. The van der Waals surface area contributed by atoms with E-state index in [2.05, 4.69) is 20.6 Å². The summed E-state index contributed by atoms with van der Waals surface area (Å²) in [4.78, 5) is 36.8. The minimum absolute atomic E-state index is 0.128. The van der Waals surface area contributed by atoms with Crippen LogP contribution in [0.4, 0.5) is 10.3 Å². The summed E-state index contributed by atoms with van der Waals surface area (Å²) in [6, 6.07) is 4.46. The maximum atomic E-state index is 14.7. The standard InChI is InChI=1S/C29H33ClFN5O5/c1-17-21-6-5-18(26-23(30)14-32-28(35-26)33-20-7-10-41-11-8-20)12-22(21)27(39)36(17)15-25(38)34-24(16-37)19-4-3-9-29(31,13-19)40-2/h3-6,9,12,14,17,20,24,37H,7-8,10-11,13,15-16H2,1-2H3,(H,34,38)(H,32,33,35)/t17-,24?,29?/m1/s1. The van der Waals surface area contributed by atoms with Gasteiger partial charge in [0.25, 0.3) is 5.91 Å². The molecule has 12 heteroatoms. The van der Waals surface area contributed by atoms with Gasteiger partial charge in [-0.1, -0.05) is 35.9 Å². The summed E-state index contributed by atoms with van der Waals surface area (Å²) >= 11 is 6.46. The van der Waals surface area contributed by atoms with Gasteiger partial charge in [-0.15, -0.1) is 0 Å². The molecule has 2 aromatic rings. The van der Waals surface area contributed by atoms with E-state index in [9.17, 15) is 19.1 Å². The summed E-state index contributed by atoms with van der Waals surface area (Å²) in [5.41, 5.74) is 2.87. The lowest BCUT2D eigenvalue weighted by Crippen LogP contribution is -2.46. The number of halogens is 2. The predicted molar refractivity (Wildman–Crippen MR) is 151 cm³/mol. The molecule has 1 fully saturated rings. The van der Waals surface area contributed by atoms with Gasteiger partial charge in [-0.05, 0) is 43.0 Å². The van der Waals surface area contributed by atoms with Gasteiger partial charge >= 0.3 is 0 Å². The van der Waals surface area contributed by atoms with Crippen molar-refractivity contribution in [3.8, 4) is 11.3 Å². The van der Waals surface area contributed by atoms with Gasteiger partial charge in [0.2, 0.25) is 17.7 Å². The van der Waals surface area contributed by atoms with Crippen LogP contribution in [0.1, 0.15) is 48.1 Å². The normalized spacial score (nSPS) is 23.2. The first-order valence-electron chi connectivity index (χ1n) is 13.6. The largest absolute Gasteiger partial charge is 0.394 e. The molecule has 1 saturated heterocycles. The number of ether oxygens (including phenoxy) is 2. The molecule has 3 atom stereocenters. The molecule has 10 nitrogen and oxygen atoms in total. The molecule has 1 aliphatic carbocycles. The van der Waals surface area contributed by atoms with E-state index in [1.165, 1.54) is 30.4 Å². The monoisotopic (exact) mass is 585 g/mol. The molecule has 3 heterocycles. The second-order valence-corrected chi connectivity index (χ2v) is 10.8. The Hall–Kier alpha value is -3.38. The molecule has 5 rings (SSSR count). The fourth-order valence-electron chi connectivity index (χ4n) is 5.37. The van der Waals surface area contributed by atoms with Crippen molar-refractivity contribution in [1.82, 2.24) is 20.2 Å². The first-order valence-corrected chi connectivity index (χ1v) is 13.9. The van der Waals surface area contributed by atoms with Crippen LogP contribution < -0.4 is 10.6 Å². The maximum absolute atomic E-state index is 14.7. The number of methoxy groups -OCH3 is 1. The van der Waals surface area contributed by atoms with Crippen molar-refractivity contribution in [2.75, 3.05) is 38.8 Å². The Morgan fingerprint density at radius 1 is 1.37 bits per heavy atom. The van der Waals surface area contributed by atoms with Gasteiger partial charge in [-0.3, -0.25) is 9.59 Å². The van der Waals surface area contributed by atoms with Crippen LogP contribution in [0.25, 0.3) is 11.3 Å². The average Bonchev–Trinajstić information content (AvgIpc) is 3.21. The molecule has 0 saturated carbocycles. The zero-order valence-corrected chi connectivity index (χ0v) is 23.7. The average molecular weight is 586 g/mol. The van der Waals surface area contributed by atoms with Gasteiger partial charge in [-0.2, -0.15) is 0 Å². The number of nitrogens with one attached hydrogen (secondary N) is 2. The van der Waals surface area contributed by atoms with Crippen LogP contribution in [-0.4, -0.2) is 83.2 Å². The second kappa shape index (κ2) is 12.2. The van der Waals surface area contributed by atoms with Gasteiger partial charge < -0.3 is 30.1 Å². The highest BCUT2D eigenvalue weighted by Crippen LogP contribution is 2.37. The number of aliphatic hydroxyl groups is 1. The van der Waals surface area contributed by atoms with Crippen LogP contribution in [0, 0.1) is 0 Å². The number of carbonyl (C=O) groups is 2. The Morgan fingerprint density at radius 2 is 2.15 bits per heavy atom. The zero-order chi connectivity index (χ0) is 29.1. The Balaban J connectivity index is 1.29. The summed E-state index contributed by atoms with van der Waals surface area (Å²) in [6.45, 7) is 2.54. The molecule has 0 radical (unpaired) electrons. The first-order chi connectivity index (χ1) is 19.7. The molecule has 1 aromatic heterocycles. The molecular weight excluding hydrogens is 553 g/mol. The van der Waals surface area contributed by atoms with Gasteiger partial charge in [0.05, 0.1) is 35.6 Å². The van der Waals surface area contributed by atoms with E-state index in [4.69, 9.17) is 21.1 Å². The topological polar surface area (TPSA) is 126 Å². The van der Waals surface area contributed by atoms with Crippen LogP contribution in [-0.2, 0) is 14.3 Å². The quantitative estimate of drug-likeness (QED) is 0.408. The Bertz CT molecular complexity index is 1380. The van der Waals surface area contributed by atoms with Crippen LogP contribution in [0.3, 0.4) is 0 Å². The fraction of sp³-hybridized carbons (Fsp3) is 0.448. The molecule has 3 N–H and O–H groups in total. The summed E-state index contributed by atoms with van der Waals surface area (Å²) in [5, 5.41) is 16.3. The number of anilines is 1. The fourth-order valence-corrected chi connectivity index (χ4v) is 5.57. The molecule has 41 heavy (non-hydrogen) atoms. The van der Waals surface area contributed by atoms with E-state index in [0.717, 1.165) is 18.4 Å². The van der Waals surface area contributed by atoms with Gasteiger partial charge in [0.1, 0.15) is 6.54 Å². The third-order valence-electron chi connectivity index (χ3n) is 7.75. The molecule has 218 valence electrons.